The zero-order valence-electron chi connectivity index (χ0n) is 11.9. The minimum absolute atomic E-state index is 0.0260. The molecule has 1 rings (SSSR count). The van der Waals surface area contributed by atoms with Gasteiger partial charge in [0.1, 0.15) is 5.69 Å². The fraction of sp³-hybridized carbons (Fsp3) is 0.538. The summed E-state index contributed by atoms with van der Waals surface area (Å²) >= 11 is 0. The number of nitro benzene ring substituents is 1. The van der Waals surface area contributed by atoms with Gasteiger partial charge in [-0.15, -0.1) is 0 Å². The van der Waals surface area contributed by atoms with Crippen molar-refractivity contribution in [3.63, 3.8) is 0 Å². The Bertz CT molecular complexity index is 492. The summed E-state index contributed by atoms with van der Waals surface area (Å²) in [4.78, 5) is 11.6. The van der Waals surface area contributed by atoms with Gasteiger partial charge in [0, 0.05) is 19.7 Å². The Morgan fingerprint density at radius 1 is 1.38 bits per heavy atom. The number of nitrogens with zero attached hydrogens (tertiary/aromatic N) is 2. The molecule has 0 aliphatic rings. The first-order chi connectivity index (χ1) is 9.76. The summed E-state index contributed by atoms with van der Waals surface area (Å²) in [6, 6.07) is 4.41. The summed E-state index contributed by atoms with van der Waals surface area (Å²) < 4.78 is 37.5. The predicted molar refractivity (Wildman–Crippen MR) is 74.3 cm³/mol. The van der Waals surface area contributed by atoms with Gasteiger partial charge in [-0.3, -0.25) is 15.0 Å². The van der Waals surface area contributed by atoms with Crippen molar-refractivity contribution < 1.29 is 18.1 Å². The molecule has 0 aliphatic carbocycles. The summed E-state index contributed by atoms with van der Waals surface area (Å²) in [7, 11) is 1.55. The molecule has 0 amide bonds. The van der Waals surface area contributed by atoms with Crippen molar-refractivity contribution >= 4 is 11.4 Å². The second kappa shape index (κ2) is 7.26. The van der Waals surface area contributed by atoms with Gasteiger partial charge in [-0.1, -0.05) is 13.0 Å². The van der Waals surface area contributed by atoms with E-state index in [0.717, 1.165) is 0 Å². The molecule has 0 bridgehead atoms. The van der Waals surface area contributed by atoms with Gasteiger partial charge < -0.3 is 5.32 Å². The number of benzene rings is 1. The van der Waals surface area contributed by atoms with E-state index in [2.05, 4.69) is 5.32 Å². The zero-order chi connectivity index (χ0) is 16.0. The smallest absolute Gasteiger partial charge is 0.383 e. The minimum atomic E-state index is -4.29. The Morgan fingerprint density at radius 3 is 2.52 bits per heavy atom. The SMILES string of the molecule is CCCN(Cc1ccc(NC)c([N+](=O)[O-])c1)CC(F)(F)F. The lowest BCUT2D eigenvalue weighted by Crippen LogP contribution is -2.34. The van der Waals surface area contributed by atoms with Crippen molar-refractivity contribution in [1.29, 1.82) is 0 Å². The van der Waals surface area contributed by atoms with E-state index in [0.29, 0.717) is 17.7 Å². The lowest BCUT2D eigenvalue weighted by Gasteiger charge is -2.23. The fourth-order valence-corrected chi connectivity index (χ4v) is 2.08. The maximum atomic E-state index is 12.5. The third kappa shape index (κ3) is 5.58. The first-order valence-electron chi connectivity index (χ1n) is 6.51. The molecule has 1 N–H and O–H groups in total. The molecule has 0 aliphatic heterocycles. The highest BCUT2D eigenvalue weighted by Gasteiger charge is 2.30. The molecular weight excluding hydrogens is 287 g/mol. The van der Waals surface area contributed by atoms with E-state index in [1.807, 2.05) is 0 Å². The summed E-state index contributed by atoms with van der Waals surface area (Å²) in [6.07, 6.45) is -3.71. The van der Waals surface area contributed by atoms with Crippen molar-refractivity contribution in [2.24, 2.45) is 0 Å². The zero-order valence-corrected chi connectivity index (χ0v) is 11.9. The molecule has 8 heteroatoms. The van der Waals surface area contributed by atoms with Gasteiger partial charge in [0.2, 0.25) is 0 Å². The monoisotopic (exact) mass is 305 g/mol. The van der Waals surface area contributed by atoms with Gasteiger partial charge in [-0.2, -0.15) is 13.2 Å². The van der Waals surface area contributed by atoms with Crippen LogP contribution in [0.5, 0.6) is 0 Å². The second-order valence-corrected chi connectivity index (χ2v) is 4.68. The average Bonchev–Trinajstić information content (AvgIpc) is 2.37. The van der Waals surface area contributed by atoms with E-state index in [9.17, 15) is 23.3 Å². The molecular formula is C13H18F3N3O2. The average molecular weight is 305 g/mol. The van der Waals surface area contributed by atoms with Crippen molar-refractivity contribution in [1.82, 2.24) is 4.90 Å². The van der Waals surface area contributed by atoms with Crippen LogP contribution >= 0.6 is 0 Å². The number of alkyl halides is 3. The van der Waals surface area contributed by atoms with Crippen LogP contribution in [0.2, 0.25) is 0 Å². The molecule has 1 aromatic carbocycles. The van der Waals surface area contributed by atoms with E-state index >= 15 is 0 Å². The van der Waals surface area contributed by atoms with E-state index in [4.69, 9.17) is 0 Å². The molecule has 0 fully saturated rings. The van der Waals surface area contributed by atoms with Crippen LogP contribution in [0.1, 0.15) is 18.9 Å². The van der Waals surface area contributed by atoms with Crippen molar-refractivity contribution in [2.45, 2.75) is 26.1 Å². The highest BCUT2D eigenvalue weighted by molar-refractivity contribution is 5.62. The maximum absolute atomic E-state index is 12.5. The molecule has 118 valence electrons. The summed E-state index contributed by atoms with van der Waals surface area (Å²) in [5, 5.41) is 13.6. The Hall–Kier alpha value is -1.83. The predicted octanol–water partition coefficient (Wildman–Crippen LogP) is 3.41. The molecule has 0 radical (unpaired) electrons. The van der Waals surface area contributed by atoms with Crippen LogP contribution in [0.3, 0.4) is 0 Å². The van der Waals surface area contributed by atoms with Gasteiger partial charge in [0.25, 0.3) is 5.69 Å². The fourth-order valence-electron chi connectivity index (χ4n) is 2.08. The van der Waals surface area contributed by atoms with Gasteiger partial charge in [0.15, 0.2) is 0 Å². The number of nitro groups is 1. The molecule has 0 heterocycles. The minimum Gasteiger partial charge on any atom is -0.383 e. The Balaban J connectivity index is 2.93. The van der Waals surface area contributed by atoms with Gasteiger partial charge in [-0.05, 0) is 24.6 Å². The second-order valence-electron chi connectivity index (χ2n) is 4.68. The van der Waals surface area contributed by atoms with Crippen LogP contribution in [-0.2, 0) is 6.54 Å². The molecule has 1 aromatic rings. The molecule has 0 unspecified atom stereocenters. The number of hydrogen-bond donors (Lipinski definition) is 1. The molecule has 0 spiro atoms. The van der Waals surface area contributed by atoms with Gasteiger partial charge in [0.05, 0.1) is 11.5 Å². The molecule has 21 heavy (non-hydrogen) atoms. The number of hydrogen-bond acceptors (Lipinski definition) is 4. The third-order valence-corrected chi connectivity index (χ3v) is 2.88. The topological polar surface area (TPSA) is 58.4 Å². The van der Waals surface area contributed by atoms with Gasteiger partial charge >= 0.3 is 6.18 Å². The summed E-state index contributed by atoms with van der Waals surface area (Å²) in [6.45, 7) is 1.07. The molecule has 0 saturated heterocycles. The first-order valence-corrected chi connectivity index (χ1v) is 6.51. The number of rotatable bonds is 7. The summed E-state index contributed by atoms with van der Waals surface area (Å²) in [5.74, 6) is 0. The van der Waals surface area contributed by atoms with E-state index in [1.54, 1.807) is 20.0 Å². The van der Waals surface area contributed by atoms with Crippen LogP contribution in [-0.4, -0.2) is 36.1 Å². The van der Waals surface area contributed by atoms with Crippen LogP contribution in [0.25, 0.3) is 0 Å². The van der Waals surface area contributed by atoms with Crippen molar-refractivity contribution in [3.05, 3.63) is 33.9 Å². The van der Waals surface area contributed by atoms with Crippen molar-refractivity contribution in [2.75, 3.05) is 25.5 Å². The third-order valence-electron chi connectivity index (χ3n) is 2.88. The highest BCUT2D eigenvalue weighted by Crippen LogP contribution is 2.26. The van der Waals surface area contributed by atoms with Gasteiger partial charge in [-0.25, -0.2) is 0 Å². The number of nitrogens with one attached hydrogen (secondary N) is 1. The van der Waals surface area contributed by atoms with E-state index < -0.39 is 17.6 Å². The highest BCUT2D eigenvalue weighted by atomic mass is 19.4. The van der Waals surface area contributed by atoms with Crippen LogP contribution in [0.4, 0.5) is 24.5 Å². The molecule has 0 aromatic heterocycles. The number of anilines is 1. The largest absolute Gasteiger partial charge is 0.401 e. The van der Waals surface area contributed by atoms with E-state index in [1.165, 1.54) is 17.0 Å². The van der Waals surface area contributed by atoms with Crippen LogP contribution in [0, 0.1) is 10.1 Å². The lowest BCUT2D eigenvalue weighted by molar-refractivity contribution is -0.384. The van der Waals surface area contributed by atoms with Crippen LogP contribution < -0.4 is 5.32 Å². The van der Waals surface area contributed by atoms with E-state index in [-0.39, 0.29) is 18.8 Å². The number of halogens is 3. The maximum Gasteiger partial charge on any atom is 0.401 e. The normalized spacial score (nSPS) is 11.7. The standard InChI is InChI=1S/C13H18F3N3O2/c1-3-6-18(9-13(14,15)16)8-10-4-5-11(17-2)12(7-10)19(20)21/h4-5,7,17H,3,6,8-9H2,1-2H3. The lowest BCUT2D eigenvalue weighted by atomic mass is 10.1. The molecule has 5 nitrogen and oxygen atoms in total. The quantitative estimate of drug-likeness (QED) is 0.619. The first kappa shape index (κ1) is 17.2. The van der Waals surface area contributed by atoms with Crippen molar-refractivity contribution in [3.8, 4) is 0 Å². The Kier molecular flexibility index (Phi) is 5.95. The Morgan fingerprint density at radius 2 is 2.05 bits per heavy atom. The molecule has 0 saturated carbocycles. The molecule has 0 atom stereocenters. The Labute approximate surface area is 120 Å². The van der Waals surface area contributed by atoms with Crippen LogP contribution in [0.15, 0.2) is 18.2 Å². The summed E-state index contributed by atoms with van der Waals surface area (Å²) in [5.41, 5.74) is 0.679.